The van der Waals surface area contributed by atoms with Gasteiger partial charge in [-0.15, -0.1) is 0 Å². The van der Waals surface area contributed by atoms with Gasteiger partial charge in [-0.3, -0.25) is 9.78 Å². The number of aromatic amines is 2. The Morgan fingerprint density at radius 1 is 1.23 bits per heavy atom. The molecule has 1 heterocycles. The average molecular weight is 182 g/mol. The molecule has 1 aromatic heterocycles. The molecule has 0 atom stereocenters. The zero-order valence-electron chi connectivity index (χ0n) is 8.10. The maximum absolute atomic E-state index is 11.3. The van der Waals surface area contributed by atoms with Crippen LogP contribution >= 0.6 is 0 Å². The number of hydrogen-bond donors (Lipinski definition) is 2. The van der Waals surface area contributed by atoms with Crippen molar-refractivity contribution >= 4 is 0 Å². The van der Waals surface area contributed by atoms with E-state index in [0.717, 1.165) is 0 Å². The van der Waals surface area contributed by atoms with Crippen molar-refractivity contribution in [3.05, 3.63) is 32.1 Å². The lowest BCUT2D eigenvalue weighted by Gasteiger charge is -2.05. The van der Waals surface area contributed by atoms with Gasteiger partial charge < -0.3 is 4.98 Å². The van der Waals surface area contributed by atoms with Crippen LogP contribution in [0.4, 0.5) is 0 Å². The zero-order valence-corrected chi connectivity index (χ0v) is 8.10. The largest absolute Gasteiger partial charge is 0.325 e. The molecule has 72 valence electrons. The SMILES string of the molecule is Cc1[nH]c(=O)[nH]c(=O)c1CC(C)C. The van der Waals surface area contributed by atoms with Crippen LogP contribution in [0.3, 0.4) is 0 Å². The van der Waals surface area contributed by atoms with Crippen LogP contribution < -0.4 is 11.2 Å². The first-order chi connectivity index (χ1) is 6.00. The lowest BCUT2D eigenvalue weighted by atomic mass is 10.0. The monoisotopic (exact) mass is 182 g/mol. The predicted octanol–water partition coefficient (Wildman–Crippen LogP) is 0.570. The third-order valence-electron chi connectivity index (χ3n) is 1.87. The molecule has 0 radical (unpaired) electrons. The van der Waals surface area contributed by atoms with E-state index in [1.165, 1.54) is 0 Å². The molecule has 0 aliphatic rings. The molecule has 0 aliphatic carbocycles. The summed E-state index contributed by atoms with van der Waals surface area (Å²) >= 11 is 0. The maximum Gasteiger partial charge on any atom is 0.325 e. The Morgan fingerprint density at radius 2 is 1.85 bits per heavy atom. The molecule has 0 saturated heterocycles. The van der Waals surface area contributed by atoms with E-state index >= 15 is 0 Å². The minimum atomic E-state index is -0.435. The summed E-state index contributed by atoms with van der Waals surface area (Å²) in [5.74, 6) is 0.408. The average Bonchev–Trinajstić information content (AvgIpc) is 1.96. The van der Waals surface area contributed by atoms with Crippen LogP contribution in [0.15, 0.2) is 9.59 Å². The first-order valence-electron chi connectivity index (χ1n) is 4.32. The number of aryl methyl sites for hydroxylation is 1. The molecular weight excluding hydrogens is 168 g/mol. The number of rotatable bonds is 2. The molecule has 0 aliphatic heterocycles. The Hall–Kier alpha value is -1.32. The molecule has 4 heteroatoms. The first-order valence-corrected chi connectivity index (χ1v) is 4.32. The molecule has 13 heavy (non-hydrogen) atoms. The molecule has 2 N–H and O–H groups in total. The van der Waals surface area contributed by atoms with Crippen molar-refractivity contribution in [2.45, 2.75) is 27.2 Å². The summed E-state index contributed by atoms with van der Waals surface area (Å²) in [7, 11) is 0. The Kier molecular flexibility index (Phi) is 2.70. The van der Waals surface area contributed by atoms with Crippen LogP contribution in [0.25, 0.3) is 0 Å². The second-order valence-electron chi connectivity index (χ2n) is 3.61. The quantitative estimate of drug-likeness (QED) is 0.702. The maximum atomic E-state index is 11.3. The van der Waals surface area contributed by atoms with Crippen LogP contribution in [0.2, 0.25) is 0 Å². The summed E-state index contributed by atoms with van der Waals surface area (Å²) < 4.78 is 0. The van der Waals surface area contributed by atoms with Gasteiger partial charge in [0.25, 0.3) is 5.56 Å². The third-order valence-corrected chi connectivity index (χ3v) is 1.87. The molecule has 0 unspecified atom stereocenters. The van der Waals surface area contributed by atoms with Gasteiger partial charge in [-0.05, 0) is 19.3 Å². The van der Waals surface area contributed by atoms with Crippen LogP contribution in [0, 0.1) is 12.8 Å². The molecule has 0 saturated carbocycles. The van der Waals surface area contributed by atoms with Crippen LogP contribution in [-0.4, -0.2) is 9.97 Å². The summed E-state index contributed by atoms with van der Waals surface area (Å²) in [6.07, 6.45) is 0.692. The van der Waals surface area contributed by atoms with Gasteiger partial charge in [-0.1, -0.05) is 13.8 Å². The van der Waals surface area contributed by atoms with Crippen molar-refractivity contribution < 1.29 is 0 Å². The summed E-state index contributed by atoms with van der Waals surface area (Å²) in [5, 5.41) is 0. The lowest BCUT2D eigenvalue weighted by molar-refractivity contribution is 0.634. The molecule has 1 aromatic rings. The van der Waals surface area contributed by atoms with Crippen molar-refractivity contribution in [1.29, 1.82) is 0 Å². The fraction of sp³-hybridized carbons (Fsp3) is 0.556. The first kappa shape index (κ1) is 9.77. The summed E-state index contributed by atoms with van der Waals surface area (Å²) in [5.41, 5.74) is 0.641. The van der Waals surface area contributed by atoms with E-state index in [1.54, 1.807) is 6.92 Å². The highest BCUT2D eigenvalue weighted by Gasteiger charge is 2.06. The van der Waals surface area contributed by atoms with Crippen LogP contribution in [0.5, 0.6) is 0 Å². The molecule has 0 fully saturated rings. The minimum absolute atomic E-state index is 0.269. The number of nitrogens with one attached hydrogen (secondary N) is 2. The number of H-pyrrole nitrogens is 2. The fourth-order valence-electron chi connectivity index (χ4n) is 1.28. The molecule has 0 bridgehead atoms. The van der Waals surface area contributed by atoms with Gasteiger partial charge in [0.1, 0.15) is 0 Å². The van der Waals surface area contributed by atoms with Crippen molar-refractivity contribution in [2.24, 2.45) is 5.92 Å². The van der Waals surface area contributed by atoms with Crippen molar-refractivity contribution in [3.63, 3.8) is 0 Å². The van der Waals surface area contributed by atoms with E-state index in [9.17, 15) is 9.59 Å². The van der Waals surface area contributed by atoms with Gasteiger partial charge >= 0.3 is 5.69 Å². The van der Waals surface area contributed by atoms with Crippen LogP contribution in [0.1, 0.15) is 25.1 Å². The molecule has 0 amide bonds. The van der Waals surface area contributed by atoms with E-state index in [1.807, 2.05) is 13.8 Å². The van der Waals surface area contributed by atoms with E-state index in [-0.39, 0.29) is 5.56 Å². The van der Waals surface area contributed by atoms with E-state index in [4.69, 9.17) is 0 Å². The number of aromatic nitrogens is 2. The molecule has 1 rings (SSSR count). The topological polar surface area (TPSA) is 65.7 Å². The van der Waals surface area contributed by atoms with Gasteiger partial charge in [0.2, 0.25) is 0 Å². The van der Waals surface area contributed by atoms with Crippen molar-refractivity contribution in [1.82, 2.24) is 9.97 Å². The summed E-state index contributed by atoms with van der Waals surface area (Å²) in [4.78, 5) is 27.0. The fourth-order valence-corrected chi connectivity index (χ4v) is 1.28. The highest BCUT2D eigenvalue weighted by atomic mass is 16.2. The summed E-state index contributed by atoms with van der Waals surface area (Å²) in [6.45, 7) is 5.81. The molecular formula is C9H14N2O2. The highest BCUT2D eigenvalue weighted by molar-refractivity contribution is 5.14. The number of hydrogen-bond acceptors (Lipinski definition) is 2. The van der Waals surface area contributed by atoms with Gasteiger partial charge in [-0.2, -0.15) is 0 Å². The zero-order chi connectivity index (χ0) is 10.0. The van der Waals surface area contributed by atoms with Gasteiger partial charge in [0.05, 0.1) is 0 Å². The Morgan fingerprint density at radius 3 is 2.31 bits per heavy atom. The van der Waals surface area contributed by atoms with Gasteiger partial charge in [-0.25, -0.2) is 4.79 Å². The summed E-state index contributed by atoms with van der Waals surface area (Å²) in [6, 6.07) is 0. The molecule has 4 nitrogen and oxygen atoms in total. The Bertz CT molecular complexity index is 401. The van der Waals surface area contributed by atoms with E-state index < -0.39 is 5.69 Å². The van der Waals surface area contributed by atoms with E-state index in [0.29, 0.717) is 23.6 Å². The highest BCUT2D eigenvalue weighted by Crippen LogP contribution is 2.04. The normalized spacial score (nSPS) is 10.8. The second kappa shape index (κ2) is 3.60. The smallest absolute Gasteiger partial charge is 0.311 e. The van der Waals surface area contributed by atoms with Gasteiger partial charge in [0, 0.05) is 11.3 Å². The standard InChI is InChI=1S/C9H14N2O2/c1-5(2)4-7-6(3)10-9(13)11-8(7)12/h5H,4H2,1-3H3,(H2,10,11,12,13). The van der Waals surface area contributed by atoms with Crippen molar-refractivity contribution in [3.8, 4) is 0 Å². The Labute approximate surface area is 76.0 Å². The minimum Gasteiger partial charge on any atom is -0.311 e. The van der Waals surface area contributed by atoms with Crippen LogP contribution in [-0.2, 0) is 6.42 Å². The third kappa shape index (κ3) is 2.31. The molecule has 0 aromatic carbocycles. The molecule has 0 spiro atoms. The Balaban J connectivity index is 3.22. The van der Waals surface area contributed by atoms with Crippen molar-refractivity contribution in [2.75, 3.05) is 0 Å². The van der Waals surface area contributed by atoms with Gasteiger partial charge in [0.15, 0.2) is 0 Å². The lowest BCUT2D eigenvalue weighted by Crippen LogP contribution is -2.27. The van der Waals surface area contributed by atoms with E-state index in [2.05, 4.69) is 9.97 Å². The predicted molar refractivity (Wildman–Crippen MR) is 51.0 cm³/mol. The second-order valence-corrected chi connectivity index (χ2v) is 3.61.